The molecule has 2 rings (SSSR count). The largest absolute Gasteiger partial charge is 0.385 e. The Bertz CT molecular complexity index is 423. The lowest BCUT2D eigenvalue weighted by molar-refractivity contribution is 0.303. The molecule has 0 atom stereocenters. The third-order valence-electron chi connectivity index (χ3n) is 3.53. The smallest absolute Gasteiger partial charge is 0.0375 e. The van der Waals surface area contributed by atoms with Gasteiger partial charge in [-0.25, -0.2) is 0 Å². The van der Waals surface area contributed by atoms with Gasteiger partial charge in [-0.15, -0.1) is 0 Å². The second-order valence-electron chi connectivity index (χ2n) is 5.23. The van der Waals surface area contributed by atoms with Crippen molar-refractivity contribution in [2.24, 2.45) is 0 Å². The number of anilines is 1. The highest BCUT2D eigenvalue weighted by Crippen LogP contribution is 2.26. The van der Waals surface area contributed by atoms with E-state index in [1.165, 1.54) is 35.2 Å². The van der Waals surface area contributed by atoms with E-state index in [9.17, 15) is 0 Å². The van der Waals surface area contributed by atoms with Crippen LogP contribution in [0.15, 0.2) is 30.4 Å². The van der Waals surface area contributed by atoms with E-state index < -0.39 is 0 Å². The Morgan fingerprint density at radius 1 is 1.44 bits per heavy atom. The molecule has 0 amide bonds. The summed E-state index contributed by atoms with van der Waals surface area (Å²) in [5.41, 5.74) is 5.57. The fraction of sp³-hybridized carbons (Fsp3) is 0.500. The Kier molecular flexibility index (Phi) is 4.43. The molecule has 0 aromatic heterocycles. The zero-order valence-electron chi connectivity index (χ0n) is 11.6. The maximum Gasteiger partial charge on any atom is 0.0375 e. The molecule has 2 nitrogen and oxygen atoms in total. The van der Waals surface area contributed by atoms with Crippen molar-refractivity contribution in [3.63, 3.8) is 0 Å². The van der Waals surface area contributed by atoms with Gasteiger partial charge in [0.1, 0.15) is 0 Å². The maximum atomic E-state index is 4.02. The zero-order chi connectivity index (χ0) is 13.0. The zero-order valence-corrected chi connectivity index (χ0v) is 11.6. The van der Waals surface area contributed by atoms with Crippen molar-refractivity contribution in [2.75, 3.05) is 25.0 Å². The van der Waals surface area contributed by atoms with Crippen LogP contribution in [0.4, 0.5) is 5.69 Å². The van der Waals surface area contributed by atoms with Gasteiger partial charge < -0.3 is 5.32 Å². The fourth-order valence-corrected chi connectivity index (χ4v) is 2.63. The Balaban J connectivity index is 2.15. The Morgan fingerprint density at radius 3 is 3.00 bits per heavy atom. The first kappa shape index (κ1) is 13.2. The van der Waals surface area contributed by atoms with Crippen molar-refractivity contribution in [2.45, 2.75) is 33.2 Å². The number of nitrogens with one attached hydrogen (secondary N) is 1. The van der Waals surface area contributed by atoms with E-state index in [1.807, 2.05) is 0 Å². The molecule has 1 heterocycles. The number of likely N-dealkylation sites (N-methyl/N-ethyl adjacent to an activating group) is 1. The van der Waals surface area contributed by atoms with Gasteiger partial charge >= 0.3 is 0 Å². The molecule has 0 fully saturated rings. The summed E-state index contributed by atoms with van der Waals surface area (Å²) in [5, 5.41) is 3.50. The van der Waals surface area contributed by atoms with E-state index in [4.69, 9.17) is 0 Å². The van der Waals surface area contributed by atoms with Gasteiger partial charge in [-0.3, -0.25) is 4.90 Å². The van der Waals surface area contributed by atoms with Crippen molar-refractivity contribution < 1.29 is 0 Å². The first-order valence-electron chi connectivity index (χ1n) is 6.92. The van der Waals surface area contributed by atoms with Gasteiger partial charge in [-0.1, -0.05) is 31.2 Å². The molecule has 1 aliphatic heterocycles. The Morgan fingerprint density at radius 2 is 2.28 bits per heavy atom. The summed E-state index contributed by atoms with van der Waals surface area (Å²) in [5.74, 6) is 0. The number of hydrogen-bond donors (Lipinski definition) is 1. The van der Waals surface area contributed by atoms with Crippen LogP contribution in [-0.4, -0.2) is 24.5 Å². The molecule has 0 saturated carbocycles. The molecule has 1 aliphatic rings. The monoisotopic (exact) mass is 244 g/mol. The molecule has 0 aliphatic carbocycles. The molecular weight excluding hydrogens is 220 g/mol. The lowest BCUT2D eigenvalue weighted by Crippen LogP contribution is -2.26. The first-order chi connectivity index (χ1) is 8.70. The van der Waals surface area contributed by atoms with Crippen LogP contribution < -0.4 is 5.32 Å². The molecule has 18 heavy (non-hydrogen) atoms. The van der Waals surface area contributed by atoms with Crippen LogP contribution in [0.3, 0.4) is 0 Å². The van der Waals surface area contributed by atoms with Gasteiger partial charge in [0.15, 0.2) is 0 Å². The molecule has 0 unspecified atom stereocenters. The topological polar surface area (TPSA) is 15.3 Å². The fourth-order valence-electron chi connectivity index (χ4n) is 2.63. The second-order valence-corrected chi connectivity index (χ2v) is 5.23. The van der Waals surface area contributed by atoms with Crippen molar-refractivity contribution in [1.82, 2.24) is 4.90 Å². The van der Waals surface area contributed by atoms with Gasteiger partial charge in [0.2, 0.25) is 0 Å². The van der Waals surface area contributed by atoms with Crippen LogP contribution in [0.25, 0.3) is 0 Å². The van der Waals surface area contributed by atoms with E-state index in [0.29, 0.717) is 0 Å². The normalized spacial score (nSPS) is 14.2. The van der Waals surface area contributed by atoms with Crippen molar-refractivity contribution in [3.8, 4) is 0 Å². The van der Waals surface area contributed by atoms with E-state index in [-0.39, 0.29) is 0 Å². The molecular formula is C16H24N2. The average molecular weight is 244 g/mol. The summed E-state index contributed by atoms with van der Waals surface area (Å²) in [6.45, 7) is 12.6. The first-order valence-corrected chi connectivity index (χ1v) is 6.92. The van der Waals surface area contributed by atoms with Gasteiger partial charge in [0.05, 0.1) is 0 Å². The number of fused-ring (bicyclic) bond motifs is 1. The Hall–Kier alpha value is -1.28. The van der Waals surface area contributed by atoms with E-state index in [2.05, 4.69) is 48.8 Å². The summed E-state index contributed by atoms with van der Waals surface area (Å²) < 4.78 is 0. The number of hydrogen-bond acceptors (Lipinski definition) is 2. The molecule has 0 radical (unpaired) electrons. The minimum atomic E-state index is 0.994. The molecule has 1 N–H and O–H groups in total. The predicted octanol–water partition coefficient (Wildman–Crippen LogP) is 3.44. The van der Waals surface area contributed by atoms with Crippen LogP contribution in [0.2, 0.25) is 0 Å². The molecule has 0 spiro atoms. The van der Waals surface area contributed by atoms with Crippen LogP contribution in [0.1, 0.15) is 31.4 Å². The van der Waals surface area contributed by atoms with Gasteiger partial charge in [-0.05, 0) is 43.5 Å². The van der Waals surface area contributed by atoms with Crippen LogP contribution >= 0.6 is 0 Å². The van der Waals surface area contributed by atoms with E-state index in [1.54, 1.807) is 0 Å². The van der Waals surface area contributed by atoms with Crippen LogP contribution in [0.5, 0.6) is 0 Å². The lowest BCUT2D eigenvalue weighted by Gasteiger charge is -2.25. The summed E-state index contributed by atoms with van der Waals surface area (Å²) in [6, 6.07) is 6.64. The number of benzene rings is 1. The average Bonchev–Trinajstić information content (AvgIpc) is 2.38. The van der Waals surface area contributed by atoms with Gasteiger partial charge in [0, 0.05) is 25.3 Å². The molecule has 1 aromatic carbocycles. The molecule has 2 heteroatoms. The highest BCUT2D eigenvalue weighted by molar-refractivity contribution is 5.56. The van der Waals surface area contributed by atoms with Crippen molar-refractivity contribution >= 4 is 5.69 Å². The lowest BCUT2D eigenvalue weighted by atomic mass is 9.97. The predicted molar refractivity (Wildman–Crippen MR) is 79.0 cm³/mol. The van der Waals surface area contributed by atoms with E-state index in [0.717, 1.165) is 26.2 Å². The van der Waals surface area contributed by atoms with Gasteiger partial charge in [0.25, 0.3) is 0 Å². The maximum absolute atomic E-state index is 4.02. The van der Waals surface area contributed by atoms with Crippen molar-refractivity contribution in [1.29, 1.82) is 0 Å². The Labute approximate surface area is 111 Å². The molecule has 0 saturated heterocycles. The van der Waals surface area contributed by atoms with Crippen LogP contribution in [-0.2, 0) is 13.0 Å². The van der Waals surface area contributed by atoms with Crippen LogP contribution in [0, 0.1) is 0 Å². The number of rotatable bonds is 5. The SMILES string of the molecule is C=C(C)CN(CC)Cc1cccc2c1CCCN2. The summed E-state index contributed by atoms with van der Waals surface area (Å²) in [6.07, 6.45) is 2.46. The molecule has 1 aromatic rings. The third-order valence-corrected chi connectivity index (χ3v) is 3.53. The summed E-state index contributed by atoms with van der Waals surface area (Å²) >= 11 is 0. The molecule has 98 valence electrons. The summed E-state index contributed by atoms with van der Waals surface area (Å²) in [4.78, 5) is 2.45. The second kappa shape index (κ2) is 6.05. The molecule has 0 bridgehead atoms. The highest BCUT2D eigenvalue weighted by atomic mass is 15.1. The van der Waals surface area contributed by atoms with Crippen molar-refractivity contribution in [3.05, 3.63) is 41.5 Å². The van der Waals surface area contributed by atoms with Gasteiger partial charge in [-0.2, -0.15) is 0 Å². The number of nitrogens with zero attached hydrogens (tertiary/aromatic N) is 1. The third kappa shape index (κ3) is 3.14. The summed E-state index contributed by atoms with van der Waals surface area (Å²) in [7, 11) is 0. The highest BCUT2D eigenvalue weighted by Gasteiger charge is 2.14. The minimum absolute atomic E-state index is 0.994. The standard InChI is InChI=1S/C16H24N2/c1-4-18(11-13(2)3)12-14-7-5-9-16-15(14)8-6-10-17-16/h5,7,9,17H,2,4,6,8,10-12H2,1,3H3. The van der Waals surface area contributed by atoms with E-state index >= 15 is 0 Å². The minimum Gasteiger partial charge on any atom is -0.385 e. The quantitative estimate of drug-likeness (QED) is 0.798.